The van der Waals surface area contributed by atoms with E-state index in [0.29, 0.717) is 23.4 Å². The van der Waals surface area contributed by atoms with Crippen molar-refractivity contribution in [2.75, 3.05) is 17.7 Å². The fraction of sp³-hybridized carbons (Fsp3) is 0.400. The first-order chi connectivity index (χ1) is 9.06. The fourth-order valence-electron chi connectivity index (χ4n) is 1.15. The Morgan fingerprint density at radius 1 is 1.53 bits per heavy atom. The van der Waals surface area contributed by atoms with Crippen molar-refractivity contribution in [3.05, 3.63) is 12.7 Å². The molecule has 0 saturated carbocycles. The van der Waals surface area contributed by atoms with Crippen molar-refractivity contribution in [2.24, 2.45) is 5.73 Å². The number of hydrogen-bond acceptors (Lipinski definition) is 7. The van der Waals surface area contributed by atoms with Crippen LogP contribution in [0.4, 0.5) is 5.82 Å². The lowest BCUT2D eigenvalue weighted by Crippen LogP contribution is -2.30. The SMILES string of the molecule is CSCC[C@H](N)C(=O)O.Nc1ncnc2nc[nH]c12. The quantitative estimate of drug-likeness (QED) is 0.618. The van der Waals surface area contributed by atoms with E-state index in [1.165, 1.54) is 12.7 Å². The largest absolute Gasteiger partial charge is 0.480 e. The summed E-state index contributed by atoms with van der Waals surface area (Å²) in [5.74, 6) is 0.333. The molecule has 0 aromatic carbocycles. The standard InChI is InChI=1S/C5H5N5.C5H11NO2S/c6-4-3-5(9-1-7-3)10-2-8-4;1-9-3-2-4(6)5(7)8/h1-2H,(H3,6,7,8,9,10);4H,2-3,6H2,1H3,(H,7,8)/t;4-/m.0/s1. The van der Waals surface area contributed by atoms with Crippen LogP contribution in [-0.4, -0.2) is 49.1 Å². The van der Waals surface area contributed by atoms with E-state index in [2.05, 4.69) is 19.9 Å². The summed E-state index contributed by atoms with van der Waals surface area (Å²) in [5.41, 5.74) is 12.0. The number of imidazole rings is 1. The number of aromatic nitrogens is 4. The molecule has 104 valence electrons. The Balaban J connectivity index is 0.000000192. The zero-order chi connectivity index (χ0) is 14.3. The van der Waals surface area contributed by atoms with E-state index in [1.54, 1.807) is 11.8 Å². The molecule has 2 aromatic rings. The van der Waals surface area contributed by atoms with Crippen LogP contribution in [0.2, 0.25) is 0 Å². The Hall–Kier alpha value is -1.87. The number of hydrogen-bond donors (Lipinski definition) is 4. The number of nitrogens with zero attached hydrogens (tertiary/aromatic N) is 3. The van der Waals surface area contributed by atoms with Crippen molar-refractivity contribution in [3.63, 3.8) is 0 Å². The van der Waals surface area contributed by atoms with Crippen LogP contribution in [0.15, 0.2) is 12.7 Å². The van der Waals surface area contributed by atoms with Crippen LogP contribution < -0.4 is 11.5 Å². The zero-order valence-electron chi connectivity index (χ0n) is 10.4. The summed E-state index contributed by atoms with van der Waals surface area (Å²) in [6.45, 7) is 0. The first kappa shape index (κ1) is 15.2. The molecule has 2 heterocycles. The molecule has 2 aromatic heterocycles. The lowest BCUT2D eigenvalue weighted by molar-refractivity contribution is -0.138. The average molecular weight is 284 g/mol. The first-order valence-electron chi connectivity index (χ1n) is 5.43. The Morgan fingerprint density at radius 2 is 2.26 bits per heavy atom. The topological polar surface area (TPSA) is 144 Å². The van der Waals surface area contributed by atoms with Crippen LogP contribution in [0.1, 0.15) is 6.42 Å². The van der Waals surface area contributed by atoms with Crippen molar-refractivity contribution in [2.45, 2.75) is 12.5 Å². The van der Waals surface area contributed by atoms with E-state index in [4.69, 9.17) is 16.6 Å². The number of rotatable bonds is 4. The second-order valence-corrected chi connectivity index (χ2v) is 4.57. The number of carbonyl (C=O) groups is 1. The van der Waals surface area contributed by atoms with Gasteiger partial charge in [0.05, 0.1) is 6.33 Å². The summed E-state index contributed by atoms with van der Waals surface area (Å²) in [7, 11) is 0. The van der Waals surface area contributed by atoms with Gasteiger partial charge in [-0.15, -0.1) is 0 Å². The van der Waals surface area contributed by atoms with Crippen molar-refractivity contribution in [1.29, 1.82) is 0 Å². The number of carboxylic acids is 1. The normalized spacial score (nSPS) is 11.7. The second kappa shape index (κ2) is 7.54. The number of thioether (sulfide) groups is 1. The van der Waals surface area contributed by atoms with Crippen LogP contribution in [-0.2, 0) is 4.79 Å². The number of aromatic amines is 1. The Bertz CT molecular complexity index is 531. The van der Waals surface area contributed by atoms with E-state index < -0.39 is 12.0 Å². The number of fused-ring (bicyclic) bond motifs is 1. The Kier molecular flexibility index (Phi) is 6.03. The van der Waals surface area contributed by atoms with E-state index in [9.17, 15) is 4.79 Å². The van der Waals surface area contributed by atoms with Gasteiger partial charge in [0.2, 0.25) is 0 Å². The number of carboxylic acid groups (broad SMARTS) is 1. The number of H-pyrrole nitrogens is 1. The zero-order valence-corrected chi connectivity index (χ0v) is 11.2. The van der Waals surface area contributed by atoms with Crippen molar-refractivity contribution >= 4 is 34.7 Å². The number of anilines is 1. The molecule has 0 saturated heterocycles. The van der Waals surface area contributed by atoms with Gasteiger partial charge in [-0.05, 0) is 18.4 Å². The molecule has 19 heavy (non-hydrogen) atoms. The van der Waals surface area contributed by atoms with Gasteiger partial charge in [0.25, 0.3) is 0 Å². The van der Waals surface area contributed by atoms with Crippen molar-refractivity contribution < 1.29 is 9.90 Å². The molecule has 0 aliphatic carbocycles. The molecule has 0 radical (unpaired) electrons. The minimum Gasteiger partial charge on any atom is -0.480 e. The molecule has 2 rings (SSSR count). The van der Waals surface area contributed by atoms with Crippen molar-refractivity contribution in [1.82, 2.24) is 19.9 Å². The number of aliphatic carboxylic acids is 1. The van der Waals surface area contributed by atoms with E-state index in [0.717, 1.165) is 5.75 Å². The predicted molar refractivity (Wildman–Crippen MR) is 74.7 cm³/mol. The lowest BCUT2D eigenvalue weighted by Gasteiger charge is -2.02. The number of nitrogens with one attached hydrogen (secondary N) is 1. The van der Waals surface area contributed by atoms with Crippen molar-refractivity contribution in [3.8, 4) is 0 Å². The van der Waals surface area contributed by atoms with Gasteiger partial charge in [0.15, 0.2) is 11.5 Å². The molecule has 0 unspecified atom stereocenters. The highest BCUT2D eigenvalue weighted by molar-refractivity contribution is 7.98. The van der Waals surface area contributed by atoms with Crippen LogP contribution in [0.3, 0.4) is 0 Å². The van der Waals surface area contributed by atoms with Crippen LogP contribution in [0.5, 0.6) is 0 Å². The molecule has 6 N–H and O–H groups in total. The molecule has 0 amide bonds. The maximum Gasteiger partial charge on any atom is 0.320 e. The van der Waals surface area contributed by atoms with Gasteiger partial charge in [-0.3, -0.25) is 4.79 Å². The van der Waals surface area contributed by atoms with Gasteiger partial charge in [-0.1, -0.05) is 0 Å². The van der Waals surface area contributed by atoms with Gasteiger partial charge in [0.1, 0.15) is 17.9 Å². The molecular weight excluding hydrogens is 268 g/mol. The minimum atomic E-state index is -0.913. The molecule has 0 bridgehead atoms. The summed E-state index contributed by atoms with van der Waals surface area (Å²) in [5, 5.41) is 8.27. The Morgan fingerprint density at radius 3 is 2.84 bits per heavy atom. The highest BCUT2D eigenvalue weighted by Crippen LogP contribution is 2.09. The lowest BCUT2D eigenvalue weighted by atomic mass is 10.2. The third-order valence-electron chi connectivity index (χ3n) is 2.20. The maximum absolute atomic E-state index is 10.1. The number of nitrogens with two attached hydrogens (primary N) is 2. The van der Waals surface area contributed by atoms with E-state index >= 15 is 0 Å². The van der Waals surface area contributed by atoms with E-state index in [1.807, 2.05) is 6.26 Å². The molecule has 9 heteroatoms. The van der Waals surface area contributed by atoms with Gasteiger partial charge in [-0.2, -0.15) is 11.8 Å². The molecule has 0 fully saturated rings. The smallest absolute Gasteiger partial charge is 0.320 e. The van der Waals surface area contributed by atoms with Gasteiger partial charge >= 0.3 is 5.97 Å². The van der Waals surface area contributed by atoms with Crippen LogP contribution >= 0.6 is 11.8 Å². The van der Waals surface area contributed by atoms with Crippen LogP contribution in [0, 0.1) is 0 Å². The Labute approximate surface area is 114 Å². The summed E-state index contributed by atoms with van der Waals surface area (Å²) in [4.78, 5) is 24.4. The van der Waals surface area contributed by atoms with Gasteiger partial charge in [-0.25, -0.2) is 15.0 Å². The van der Waals surface area contributed by atoms with Gasteiger partial charge < -0.3 is 21.6 Å². The highest BCUT2D eigenvalue weighted by Gasteiger charge is 2.08. The van der Waals surface area contributed by atoms with Crippen LogP contribution in [0.25, 0.3) is 11.2 Å². The molecule has 0 aliphatic rings. The molecule has 0 spiro atoms. The second-order valence-electron chi connectivity index (χ2n) is 3.59. The summed E-state index contributed by atoms with van der Waals surface area (Å²) in [6.07, 6.45) is 5.40. The average Bonchev–Trinajstić information content (AvgIpc) is 2.86. The number of nitrogen functional groups attached to an aromatic ring is 1. The van der Waals surface area contributed by atoms with Gasteiger partial charge in [0, 0.05) is 0 Å². The predicted octanol–water partition coefficient (Wildman–Crippen LogP) is 0.0865. The fourth-order valence-corrected chi connectivity index (χ4v) is 1.64. The first-order valence-corrected chi connectivity index (χ1v) is 6.82. The summed E-state index contributed by atoms with van der Waals surface area (Å²) >= 11 is 1.60. The highest BCUT2D eigenvalue weighted by atomic mass is 32.2. The molecule has 1 atom stereocenters. The van der Waals surface area contributed by atoms with E-state index in [-0.39, 0.29) is 0 Å². The molecule has 0 aliphatic heterocycles. The summed E-state index contributed by atoms with van der Waals surface area (Å²) in [6, 6.07) is -0.683. The molecule has 8 nitrogen and oxygen atoms in total. The minimum absolute atomic E-state index is 0.433. The maximum atomic E-state index is 10.1. The monoisotopic (exact) mass is 284 g/mol. The molecular formula is C10H16N6O2S. The third-order valence-corrected chi connectivity index (χ3v) is 2.85. The summed E-state index contributed by atoms with van der Waals surface area (Å²) < 4.78 is 0. The third kappa shape index (κ3) is 4.72.